The number of hydrogen-bond donors (Lipinski definition) is 1. The number of nitrogens with one attached hydrogen (secondary N) is 1. The Morgan fingerprint density at radius 3 is 2.94 bits per heavy atom. The molecule has 1 aliphatic rings. The lowest BCUT2D eigenvalue weighted by molar-refractivity contribution is -0.121. The number of hydrogen-bond acceptors (Lipinski definition) is 3. The van der Waals surface area contributed by atoms with E-state index in [-0.39, 0.29) is 12.0 Å². The Kier molecular flexibility index (Phi) is 3.85. The van der Waals surface area contributed by atoms with Gasteiger partial charge in [0.05, 0.1) is 0 Å². The summed E-state index contributed by atoms with van der Waals surface area (Å²) in [4.78, 5) is 11.3. The van der Waals surface area contributed by atoms with Gasteiger partial charge in [-0.3, -0.25) is 4.79 Å². The quantitative estimate of drug-likeness (QED) is 0.864. The van der Waals surface area contributed by atoms with E-state index < -0.39 is 0 Å². The van der Waals surface area contributed by atoms with E-state index in [1.165, 1.54) is 0 Å². The monoisotopic (exact) mass is 235 g/mol. The van der Waals surface area contributed by atoms with Crippen molar-refractivity contribution in [1.82, 2.24) is 5.32 Å². The van der Waals surface area contributed by atoms with E-state index in [1.54, 1.807) is 0 Å². The van der Waals surface area contributed by atoms with Crippen molar-refractivity contribution in [3.63, 3.8) is 0 Å². The Morgan fingerprint density at radius 1 is 1.41 bits per heavy atom. The van der Waals surface area contributed by atoms with Gasteiger partial charge in [0.15, 0.2) is 11.5 Å². The molecule has 4 heteroatoms. The van der Waals surface area contributed by atoms with Gasteiger partial charge in [0.2, 0.25) is 5.91 Å². The summed E-state index contributed by atoms with van der Waals surface area (Å²) in [5.41, 5.74) is 0. The third kappa shape index (κ3) is 3.12. The highest BCUT2D eigenvalue weighted by atomic mass is 16.6. The molecule has 0 radical (unpaired) electrons. The van der Waals surface area contributed by atoms with Crippen LogP contribution in [-0.4, -0.2) is 25.2 Å². The third-order valence-corrected chi connectivity index (χ3v) is 2.63. The summed E-state index contributed by atoms with van der Waals surface area (Å²) < 4.78 is 11.3. The predicted octanol–water partition coefficient (Wildman–Crippen LogP) is 1.74. The van der Waals surface area contributed by atoms with Crippen molar-refractivity contribution < 1.29 is 14.3 Å². The lowest BCUT2D eigenvalue weighted by atomic mass is 10.1. The van der Waals surface area contributed by atoms with E-state index in [2.05, 4.69) is 5.32 Å². The number of fused-ring (bicyclic) bond motifs is 1. The molecule has 1 amide bonds. The first-order valence-corrected chi connectivity index (χ1v) is 5.94. The second-order valence-electron chi connectivity index (χ2n) is 3.99. The van der Waals surface area contributed by atoms with Crippen LogP contribution in [0.5, 0.6) is 11.5 Å². The van der Waals surface area contributed by atoms with Crippen molar-refractivity contribution in [3.8, 4) is 11.5 Å². The Labute approximate surface area is 101 Å². The van der Waals surface area contributed by atoms with Crippen LogP contribution in [0, 0.1) is 0 Å². The molecule has 1 aromatic rings. The number of benzene rings is 1. The molecule has 92 valence electrons. The molecule has 0 spiro atoms. The normalized spacial score (nSPS) is 17.6. The zero-order valence-corrected chi connectivity index (χ0v) is 9.94. The summed E-state index contributed by atoms with van der Waals surface area (Å²) in [6.45, 7) is 3.09. The molecule has 1 heterocycles. The first-order valence-electron chi connectivity index (χ1n) is 5.94. The molecular weight excluding hydrogens is 218 g/mol. The van der Waals surface area contributed by atoms with Crippen molar-refractivity contribution >= 4 is 5.91 Å². The largest absolute Gasteiger partial charge is 0.486 e. The van der Waals surface area contributed by atoms with Crippen molar-refractivity contribution in [3.05, 3.63) is 24.3 Å². The van der Waals surface area contributed by atoms with Crippen LogP contribution >= 0.6 is 0 Å². The van der Waals surface area contributed by atoms with E-state index in [1.807, 2.05) is 31.2 Å². The summed E-state index contributed by atoms with van der Waals surface area (Å²) in [6, 6.07) is 7.59. The van der Waals surface area contributed by atoms with E-state index in [9.17, 15) is 4.79 Å². The highest BCUT2D eigenvalue weighted by molar-refractivity contribution is 5.75. The van der Waals surface area contributed by atoms with Crippen molar-refractivity contribution in [2.24, 2.45) is 0 Å². The molecule has 4 nitrogen and oxygen atoms in total. The molecule has 0 saturated carbocycles. The molecule has 1 atom stereocenters. The average molecular weight is 235 g/mol. The van der Waals surface area contributed by atoms with Gasteiger partial charge in [-0.25, -0.2) is 0 Å². The maximum atomic E-state index is 11.3. The highest BCUT2D eigenvalue weighted by Gasteiger charge is 2.20. The average Bonchev–Trinajstić information content (AvgIpc) is 2.36. The Bertz CT molecular complexity index is 392. The fourth-order valence-corrected chi connectivity index (χ4v) is 1.78. The fourth-order valence-electron chi connectivity index (χ4n) is 1.78. The number of para-hydroxylation sites is 2. The molecule has 0 aliphatic carbocycles. The molecule has 0 aromatic heterocycles. The Morgan fingerprint density at radius 2 is 2.18 bits per heavy atom. The molecule has 2 rings (SSSR count). The molecule has 1 aliphatic heterocycles. The van der Waals surface area contributed by atoms with Crippen LogP contribution in [0.2, 0.25) is 0 Å². The van der Waals surface area contributed by atoms with Gasteiger partial charge < -0.3 is 14.8 Å². The van der Waals surface area contributed by atoms with Crippen LogP contribution in [0.3, 0.4) is 0 Å². The van der Waals surface area contributed by atoms with Crippen LogP contribution in [0.25, 0.3) is 0 Å². The molecule has 0 saturated heterocycles. The summed E-state index contributed by atoms with van der Waals surface area (Å²) >= 11 is 0. The van der Waals surface area contributed by atoms with Gasteiger partial charge in [-0.2, -0.15) is 0 Å². The van der Waals surface area contributed by atoms with Gasteiger partial charge in [-0.05, 0) is 25.5 Å². The SMILES string of the molecule is CCNC(=O)CC[C@@H]1COc2ccccc2O1. The highest BCUT2D eigenvalue weighted by Crippen LogP contribution is 2.31. The number of ether oxygens (including phenoxy) is 2. The van der Waals surface area contributed by atoms with Crippen molar-refractivity contribution in [2.45, 2.75) is 25.9 Å². The first kappa shape index (κ1) is 11.8. The third-order valence-electron chi connectivity index (χ3n) is 2.63. The van der Waals surface area contributed by atoms with Crippen molar-refractivity contribution in [1.29, 1.82) is 0 Å². The fraction of sp³-hybridized carbons (Fsp3) is 0.462. The number of amides is 1. The van der Waals surface area contributed by atoms with E-state index >= 15 is 0 Å². The van der Waals surface area contributed by atoms with E-state index in [0.29, 0.717) is 26.0 Å². The maximum absolute atomic E-state index is 11.3. The van der Waals surface area contributed by atoms with Gasteiger partial charge >= 0.3 is 0 Å². The minimum atomic E-state index is -0.0347. The maximum Gasteiger partial charge on any atom is 0.220 e. The van der Waals surface area contributed by atoms with Gasteiger partial charge in [-0.15, -0.1) is 0 Å². The lowest BCUT2D eigenvalue weighted by Gasteiger charge is -2.26. The molecule has 0 bridgehead atoms. The van der Waals surface area contributed by atoms with Crippen LogP contribution in [0.15, 0.2) is 24.3 Å². The van der Waals surface area contributed by atoms with Gasteiger partial charge in [0.1, 0.15) is 12.7 Å². The van der Waals surface area contributed by atoms with Crippen molar-refractivity contribution in [2.75, 3.05) is 13.2 Å². The molecular formula is C13H17NO3. The molecule has 0 fully saturated rings. The summed E-state index contributed by atoms with van der Waals surface area (Å²) in [5, 5.41) is 2.77. The molecule has 0 unspecified atom stereocenters. The Hall–Kier alpha value is -1.71. The van der Waals surface area contributed by atoms with E-state index in [4.69, 9.17) is 9.47 Å². The second-order valence-corrected chi connectivity index (χ2v) is 3.99. The van der Waals surface area contributed by atoms with Crippen LogP contribution < -0.4 is 14.8 Å². The van der Waals surface area contributed by atoms with Crippen LogP contribution in [0.4, 0.5) is 0 Å². The van der Waals surface area contributed by atoms with Crippen LogP contribution in [0.1, 0.15) is 19.8 Å². The second kappa shape index (κ2) is 5.57. The topological polar surface area (TPSA) is 47.6 Å². The van der Waals surface area contributed by atoms with Gasteiger partial charge in [0.25, 0.3) is 0 Å². The zero-order valence-electron chi connectivity index (χ0n) is 9.94. The number of carbonyl (C=O) groups excluding carboxylic acids is 1. The molecule has 17 heavy (non-hydrogen) atoms. The molecule has 1 aromatic carbocycles. The number of carbonyl (C=O) groups is 1. The smallest absolute Gasteiger partial charge is 0.220 e. The molecule has 1 N–H and O–H groups in total. The summed E-state index contributed by atoms with van der Waals surface area (Å²) in [6.07, 6.45) is 1.12. The van der Waals surface area contributed by atoms with Gasteiger partial charge in [-0.1, -0.05) is 12.1 Å². The lowest BCUT2D eigenvalue weighted by Crippen LogP contribution is -2.31. The predicted molar refractivity (Wildman–Crippen MR) is 64.3 cm³/mol. The first-order chi connectivity index (χ1) is 8.29. The Balaban J connectivity index is 1.84. The number of rotatable bonds is 4. The van der Waals surface area contributed by atoms with E-state index in [0.717, 1.165) is 11.5 Å². The van der Waals surface area contributed by atoms with Crippen LogP contribution in [-0.2, 0) is 4.79 Å². The van der Waals surface area contributed by atoms with Gasteiger partial charge in [0, 0.05) is 13.0 Å². The summed E-state index contributed by atoms with van der Waals surface area (Å²) in [5.74, 6) is 1.61. The minimum Gasteiger partial charge on any atom is -0.486 e. The summed E-state index contributed by atoms with van der Waals surface area (Å²) in [7, 11) is 0. The minimum absolute atomic E-state index is 0.0347. The zero-order chi connectivity index (χ0) is 12.1. The standard InChI is InChI=1S/C13H17NO3/c1-2-14-13(15)8-7-10-9-16-11-5-3-4-6-12(11)17-10/h3-6,10H,2,7-9H2,1H3,(H,14,15)/t10-/m1/s1.